The molecule has 0 N–H and O–H groups in total. The molecule has 3 rings (SSSR count). The Kier molecular flexibility index (Phi) is 4.34. The number of aromatic nitrogens is 2. The Morgan fingerprint density at radius 2 is 2.05 bits per heavy atom. The van der Waals surface area contributed by atoms with Gasteiger partial charge in [-0.2, -0.15) is 0 Å². The van der Waals surface area contributed by atoms with Crippen LogP contribution >= 0.6 is 27.5 Å². The van der Waals surface area contributed by atoms with E-state index in [0.717, 1.165) is 28.9 Å². The summed E-state index contributed by atoms with van der Waals surface area (Å²) in [5.41, 5.74) is 2.19. The molecule has 1 aliphatic rings. The molecule has 1 unspecified atom stereocenters. The van der Waals surface area contributed by atoms with Crippen LogP contribution in [-0.2, 0) is 6.54 Å². The molecule has 108 valence electrons. The summed E-state index contributed by atoms with van der Waals surface area (Å²) >= 11 is 9.85. The first kappa shape index (κ1) is 14.4. The molecule has 1 aliphatic heterocycles. The highest BCUT2D eigenvalue weighted by Crippen LogP contribution is 2.26. The van der Waals surface area contributed by atoms with Gasteiger partial charge in [-0.1, -0.05) is 15.9 Å². The SMILES string of the molecule is CC(Cl)c1nc2ccc(Br)cc2n1CCN1CCCC1. The Morgan fingerprint density at radius 3 is 2.75 bits per heavy atom. The first-order valence-corrected chi connectivity index (χ1v) is 8.40. The lowest BCUT2D eigenvalue weighted by molar-refractivity contribution is 0.322. The first-order valence-electron chi connectivity index (χ1n) is 7.17. The van der Waals surface area contributed by atoms with Crippen LogP contribution in [0.25, 0.3) is 11.0 Å². The van der Waals surface area contributed by atoms with E-state index in [0.29, 0.717) is 0 Å². The predicted molar refractivity (Wildman–Crippen MR) is 87.4 cm³/mol. The number of nitrogens with zero attached hydrogens (tertiary/aromatic N) is 3. The Morgan fingerprint density at radius 1 is 1.30 bits per heavy atom. The van der Waals surface area contributed by atoms with Crippen LogP contribution in [0.4, 0.5) is 0 Å². The third-order valence-electron chi connectivity index (χ3n) is 3.93. The maximum Gasteiger partial charge on any atom is 0.127 e. The Bertz CT molecular complexity index is 602. The molecule has 0 bridgehead atoms. The van der Waals surface area contributed by atoms with E-state index in [2.05, 4.69) is 37.5 Å². The minimum absolute atomic E-state index is 0.0697. The third-order valence-corrected chi connectivity index (χ3v) is 4.62. The summed E-state index contributed by atoms with van der Waals surface area (Å²) < 4.78 is 3.36. The van der Waals surface area contributed by atoms with Gasteiger partial charge in [-0.05, 0) is 51.1 Å². The van der Waals surface area contributed by atoms with Gasteiger partial charge in [-0.25, -0.2) is 4.98 Å². The van der Waals surface area contributed by atoms with Crippen molar-refractivity contribution in [2.75, 3.05) is 19.6 Å². The van der Waals surface area contributed by atoms with E-state index >= 15 is 0 Å². The second-order valence-electron chi connectivity index (χ2n) is 5.42. The van der Waals surface area contributed by atoms with Gasteiger partial charge in [-0.15, -0.1) is 11.6 Å². The molecular weight excluding hydrogens is 338 g/mol. The zero-order valence-electron chi connectivity index (χ0n) is 11.6. The zero-order valence-corrected chi connectivity index (χ0v) is 14.0. The lowest BCUT2D eigenvalue weighted by atomic mass is 10.3. The molecule has 2 heterocycles. The standard InChI is InChI=1S/C15H19BrClN3/c1-11(17)15-18-13-5-4-12(16)10-14(13)20(15)9-8-19-6-2-3-7-19/h4-5,10-11H,2-3,6-9H2,1H3. The van der Waals surface area contributed by atoms with Gasteiger partial charge in [0.05, 0.1) is 16.4 Å². The van der Waals surface area contributed by atoms with Crippen molar-refractivity contribution in [1.82, 2.24) is 14.5 Å². The molecule has 1 aromatic heterocycles. The molecule has 1 fully saturated rings. The summed E-state index contributed by atoms with van der Waals surface area (Å²) in [6, 6.07) is 6.21. The summed E-state index contributed by atoms with van der Waals surface area (Å²) in [6.45, 7) is 6.47. The predicted octanol–water partition coefficient (Wildman–Crippen LogP) is 4.19. The molecular formula is C15H19BrClN3. The molecule has 1 aromatic carbocycles. The van der Waals surface area contributed by atoms with Gasteiger partial charge in [0.2, 0.25) is 0 Å². The zero-order chi connectivity index (χ0) is 14.1. The average Bonchev–Trinajstić information content (AvgIpc) is 3.03. The van der Waals surface area contributed by atoms with Crippen molar-refractivity contribution < 1.29 is 0 Å². The molecule has 5 heteroatoms. The van der Waals surface area contributed by atoms with Gasteiger partial charge in [-0.3, -0.25) is 0 Å². The number of hydrogen-bond donors (Lipinski definition) is 0. The van der Waals surface area contributed by atoms with Crippen molar-refractivity contribution in [2.24, 2.45) is 0 Å². The van der Waals surface area contributed by atoms with Crippen LogP contribution in [0, 0.1) is 0 Å². The number of likely N-dealkylation sites (tertiary alicyclic amines) is 1. The fourth-order valence-corrected chi connectivity index (χ4v) is 3.42. The monoisotopic (exact) mass is 355 g/mol. The Hall–Kier alpha value is -0.580. The molecule has 3 nitrogen and oxygen atoms in total. The van der Waals surface area contributed by atoms with E-state index in [1.807, 2.05) is 13.0 Å². The van der Waals surface area contributed by atoms with E-state index in [-0.39, 0.29) is 5.38 Å². The van der Waals surface area contributed by atoms with Crippen LogP contribution in [0.5, 0.6) is 0 Å². The van der Waals surface area contributed by atoms with Gasteiger partial charge in [0.15, 0.2) is 0 Å². The maximum atomic E-state index is 6.31. The van der Waals surface area contributed by atoms with Crippen molar-refractivity contribution in [3.8, 4) is 0 Å². The fourth-order valence-electron chi connectivity index (χ4n) is 2.90. The number of rotatable bonds is 4. The lowest BCUT2D eigenvalue weighted by Crippen LogP contribution is -2.24. The summed E-state index contributed by atoms with van der Waals surface area (Å²) in [6.07, 6.45) is 2.66. The summed E-state index contributed by atoms with van der Waals surface area (Å²) in [4.78, 5) is 7.21. The highest BCUT2D eigenvalue weighted by molar-refractivity contribution is 9.10. The fraction of sp³-hybridized carbons (Fsp3) is 0.533. The quantitative estimate of drug-likeness (QED) is 0.766. The number of hydrogen-bond acceptors (Lipinski definition) is 2. The van der Waals surface area contributed by atoms with E-state index in [9.17, 15) is 0 Å². The minimum Gasteiger partial charge on any atom is -0.325 e. The van der Waals surface area contributed by atoms with E-state index in [4.69, 9.17) is 16.6 Å². The molecule has 20 heavy (non-hydrogen) atoms. The molecule has 0 aliphatic carbocycles. The van der Waals surface area contributed by atoms with Crippen LogP contribution < -0.4 is 0 Å². The van der Waals surface area contributed by atoms with Crippen LogP contribution in [-0.4, -0.2) is 34.1 Å². The summed E-state index contributed by atoms with van der Waals surface area (Å²) in [5, 5.41) is -0.0697. The minimum atomic E-state index is -0.0697. The molecule has 1 atom stereocenters. The van der Waals surface area contributed by atoms with Gasteiger partial charge in [0.1, 0.15) is 5.82 Å². The van der Waals surface area contributed by atoms with E-state index < -0.39 is 0 Å². The van der Waals surface area contributed by atoms with Crippen molar-refractivity contribution in [1.29, 1.82) is 0 Å². The van der Waals surface area contributed by atoms with Gasteiger partial charge in [0, 0.05) is 17.6 Å². The van der Waals surface area contributed by atoms with Crippen LogP contribution in [0.3, 0.4) is 0 Å². The summed E-state index contributed by atoms with van der Waals surface area (Å²) in [7, 11) is 0. The Balaban J connectivity index is 1.92. The topological polar surface area (TPSA) is 21.1 Å². The Labute approximate surface area is 133 Å². The molecule has 0 radical (unpaired) electrons. The molecule has 0 amide bonds. The van der Waals surface area contributed by atoms with E-state index in [1.54, 1.807) is 0 Å². The van der Waals surface area contributed by atoms with E-state index in [1.165, 1.54) is 31.4 Å². The lowest BCUT2D eigenvalue weighted by Gasteiger charge is -2.17. The number of benzene rings is 1. The smallest absolute Gasteiger partial charge is 0.127 e. The van der Waals surface area contributed by atoms with Crippen molar-refractivity contribution in [3.63, 3.8) is 0 Å². The number of fused-ring (bicyclic) bond motifs is 1. The first-order chi connectivity index (χ1) is 9.65. The van der Waals surface area contributed by atoms with Crippen molar-refractivity contribution >= 4 is 38.6 Å². The average molecular weight is 357 g/mol. The molecule has 1 saturated heterocycles. The van der Waals surface area contributed by atoms with Crippen LogP contribution in [0.15, 0.2) is 22.7 Å². The van der Waals surface area contributed by atoms with Crippen LogP contribution in [0.1, 0.15) is 31.0 Å². The van der Waals surface area contributed by atoms with Crippen LogP contribution in [0.2, 0.25) is 0 Å². The number of alkyl halides is 1. The van der Waals surface area contributed by atoms with Gasteiger partial charge >= 0.3 is 0 Å². The molecule has 0 spiro atoms. The third kappa shape index (κ3) is 2.87. The highest BCUT2D eigenvalue weighted by atomic mass is 79.9. The van der Waals surface area contributed by atoms with Gasteiger partial charge < -0.3 is 9.47 Å². The van der Waals surface area contributed by atoms with Gasteiger partial charge in [0.25, 0.3) is 0 Å². The molecule has 0 saturated carbocycles. The largest absolute Gasteiger partial charge is 0.325 e. The molecule has 2 aromatic rings. The number of halogens is 2. The normalized spacial score (nSPS) is 17.9. The summed E-state index contributed by atoms with van der Waals surface area (Å²) in [5.74, 6) is 0.971. The second kappa shape index (κ2) is 6.04. The van der Waals surface area contributed by atoms with Crippen molar-refractivity contribution in [3.05, 3.63) is 28.5 Å². The second-order valence-corrected chi connectivity index (χ2v) is 6.99. The van der Waals surface area contributed by atoms with Crippen molar-refractivity contribution in [2.45, 2.75) is 31.7 Å². The highest BCUT2D eigenvalue weighted by Gasteiger charge is 2.17. The number of imidazole rings is 1. The maximum absolute atomic E-state index is 6.31.